The second kappa shape index (κ2) is 7.82. The molecule has 100 valence electrons. The molecular formula is C14H23N3O. The molecule has 1 heterocycles. The van der Waals surface area contributed by atoms with E-state index in [1.165, 1.54) is 0 Å². The molecule has 0 radical (unpaired) electrons. The Hall–Kier alpha value is -1.42. The van der Waals surface area contributed by atoms with E-state index in [9.17, 15) is 4.79 Å². The first-order valence-electron chi connectivity index (χ1n) is 6.55. The lowest BCUT2D eigenvalue weighted by atomic mass is 9.96. The lowest BCUT2D eigenvalue weighted by Crippen LogP contribution is -2.26. The van der Waals surface area contributed by atoms with Gasteiger partial charge in [-0.1, -0.05) is 13.3 Å². The maximum atomic E-state index is 12.0. The number of carbonyl (C=O) groups is 1. The molecule has 0 aliphatic heterocycles. The van der Waals surface area contributed by atoms with Crippen LogP contribution in [-0.4, -0.2) is 24.5 Å². The lowest BCUT2D eigenvalue weighted by molar-refractivity contribution is -0.118. The van der Waals surface area contributed by atoms with E-state index in [0.717, 1.165) is 24.9 Å². The highest BCUT2D eigenvalue weighted by atomic mass is 16.2. The van der Waals surface area contributed by atoms with Crippen molar-refractivity contribution in [3.8, 4) is 0 Å². The van der Waals surface area contributed by atoms with Gasteiger partial charge in [-0.25, -0.2) is 0 Å². The lowest BCUT2D eigenvalue weighted by Gasteiger charge is -2.19. The third kappa shape index (κ3) is 4.45. The fraction of sp³-hybridized carbons (Fsp3) is 0.571. The van der Waals surface area contributed by atoms with Crippen LogP contribution in [0.5, 0.6) is 0 Å². The second-order valence-electron chi connectivity index (χ2n) is 4.55. The van der Waals surface area contributed by atoms with Crippen LogP contribution in [0.1, 0.15) is 32.6 Å². The van der Waals surface area contributed by atoms with Crippen LogP contribution in [0.15, 0.2) is 24.5 Å². The number of carbonyl (C=O) groups excluding carboxylic acids is 1. The Balaban J connectivity index is 2.45. The van der Waals surface area contributed by atoms with Gasteiger partial charge in [-0.05, 0) is 37.4 Å². The Labute approximate surface area is 109 Å². The van der Waals surface area contributed by atoms with E-state index >= 15 is 0 Å². The molecule has 18 heavy (non-hydrogen) atoms. The molecule has 1 amide bonds. The standard InChI is InChI=1S/C14H23N3O/c1-3-12(8-9-15)6-7-14(18)17(2)13-5-4-10-16-11-13/h4-5,10-12H,3,6-9,15H2,1-2H3. The van der Waals surface area contributed by atoms with Gasteiger partial charge >= 0.3 is 0 Å². The van der Waals surface area contributed by atoms with Gasteiger partial charge in [0.2, 0.25) is 5.91 Å². The number of anilines is 1. The fourth-order valence-electron chi connectivity index (χ4n) is 1.98. The Morgan fingerprint density at radius 3 is 2.83 bits per heavy atom. The molecule has 0 saturated carbocycles. The van der Waals surface area contributed by atoms with Crippen LogP contribution in [-0.2, 0) is 4.79 Å². The van der Waals surface area contributed by atoms with Crippen molar-refractivity contribution in [3.05, 3.63) is 24.5 Å². The van der Waals surface area contributed by atoms with Crippen molar-refractivity contribution in [2.24, 2.45) is 11.7 Å². The van der Waals surface area contributed by atoms with Crippen molar-refractivity contribution in [1.82, 2.24) is 4.98 Å². The number of hydrogen-bond donors (Lipinski definition) is 1. The van der Waals surface area contributed by atoms with Crippen molar-refractivity contribution in [2.75, 3.05) is 18.5 Å². The van der Waals surface area contributed by atoms with Crippen LogP contribution >= 0.6 is 0 Å². The first-order chi connectivity index (χ1) is 8.69. The topological polar surface area (TPSA) is 59.2 Å². The highest BCUT2D eigenvalue weighted by Crippen LogP contribution is 2.17. The molecule has 0 saturated heterocycles. The number of rotatable bonds is 7. The Morgan fingerprint density at radius 2 is 2.28 bits per heavy atom. The molecule has 1 unspecified atom stereocenters. The number of amides is 1. The minimum Gasteiger partial charge on any atom is -0.330 e. The SMILES string of the molecule is CCC(CCN)CCC(=O)N(C)c1cccnc1. The van der Waals surface area contributed by atoms with E-state index in [1.54, 1.807) is 24.3 Å². The molecular weight excluding hydrogens is 226 g/mol. The quantitative estimate of drug-likeness (QED) is 0.806. The largest absolute Gasteiger partial charge is 0.330 e. The van der Waals surface area contributed by atoms with Gasteiger partial charge < -0.3 is 10.6 Å². The molecule has 1 atom stereocenters. The molecule has 0 aliphatic rings. The summed E-state index contributed by atoms with van der Waals surface area (Å²) < 4.78 is 0. The van der Waals surface area contributed by atoms with Crippen LogP contribution < -0.4 is 10.6 Å². The number of nitrogens with zero attached hydrogens (tertiary/aromatic N) is 2. The minimum atomic E-state index is 0.137. The van der Waals surface area contributed by atoms with E-state index in [2.05, 4.69) is 11.9 Å². The average Bonchev–Trinajstić information content (AvgIpc) is 2.43. The molecule has 1 aromatic rings. The molecule has 2 N–H and O–H groups in total. The normalized spacial score (nSPS) is 12.2. The highest BCUT2D eigenvalue weighted by molar-refractivity contribution is 5.92. The van der Waals surface area contributed by atoms with Gasteiger partial charge in [0.25, 0.3) is 0 Å². The van der Waals surface area contributed by atoms with Gasteiger partial charge in [0, 0.05) is 19.7 Å². The number of nitrogens with two attached hydrogens (primary N) is 1. The average molecular weight is 249 g/mol. The van der Waals surface area contributed by atoms with Crippen LogP contribution in [0, 0.1) is 5.92 Å². The van der Waals surface area contributed by atoms with Gasteiger partial charge in [0.15, 0.2) is 0 Å². The molecule has 0 spiro atoms. The summed E-state index contributed by atoms with van der Waals surface area (Å²) in [6.07, 6.45) is 6.98. The Kier molecular flexibility index (Phi) is 6.36. The zero-order valence-corrected chi connectivity index (χ0v) is 11.3. The smallest absolute Gasteiger partial charge is 0.226 e. The zero-order chi connectivity index (χ0) is 13.4. The summed E-state index contributed by atoms with van der Waals surface area (Å²) in [6, 6.07) is 3.73. The van der Waals surface area contributed by atoms with Crippen LogP contribution in [0.25, 0.3) is 0 Å². The predicted octanol–water partition coefficient (Wildman–Crippen LogP) is 2.20. The van der Waals surface area contributed by atoms with Crippen molar-refractivity contribution in [3.63, 3.8) is 0 Å². The maximum absolute atomic E-state index is 12.0. The van der Waals surface area contributed by atoms with Gasteiger partial charge in [0.1, 0.15) is 0 Å². The van der Waals surface area contributed by atoms with Crippen molar-refractivity contribution in [2.45, 2.75) is 32.6 Å². The van der Waals surface area contributed by atoms with E-state index in [0.29, 0.717) is 18.9 Å². The summed E-state index contributed by atoms with van der Waals surface area (Å²) in [5.41, 5.74) is 6.40. The zero-order valence-electron chi connectivity index (χ0n) is 11.3. The summed E-state index contributed by atoms with van der Waals surface area (Å²) in [5, 5.41) is 0. The van der Waals surface area contributed by atoms with Crippen LogP contribution in [0.4, 0.5) is 5.69 Å². The van der Waals surface area contributed by atoms with E-state index in [4.69, 9.17) is 5.73 Å². The molecule has 0 aliphatic carbocycles. The van der Waals surface area contributed by atoms with E-state index in [-0.39, 0.29) is 5.91 Å². The molecule has 0 aromatic carbocycles. The first-order valence-corrected chi connectivity index (χ1v) is 6.55. The Bertz CT molecular complexity index is 353. The second-order valence-corrected chi connectivity index (χ2v) is 4.55. The number of aromatic nitrogens is 1. The molecule has 1 aromatic heterocycles. The van der Waals surface area contributed by atoms with Gasteiger partial charge in [-0.3, -0.25) is 9.78 Å². The molecule has 1 rings (SSSR count). The monoisotopic (exact) mass is 249 g/mol. The summed E-state index contributed by atoms with van der Waals surface area (Å²) in [6.45, 7) is 2.85. The molecule has 0 bridgehead atoms. The summed E-state index contributed by atoms with van der Waals surface area (Å²) >= 11 is 0. The minimum absolute atomic E-state index is 0.137. The van der Waals surface area contributed by atoms with Crippen molar-refractivity contribution < 1.29 is 4.79 Å². The van der Waals surface area contributed by atoms with Gasteiger partial charge in [0.05, 0.1) is 11.9 Å². The Morgan fingerprint density at radius 1 is 1.50 bits per heavy atom. The summed E-state index contributed by atoms with van der Waals surface area (Å²) in [7, 11) is 1.79. The highest BCUT2D eigenvalue weighted by Gasteiger charge is 2.13. The third-order valence-electron chi connectivity index (χ3n) is 3.33. The first kappa shape index (κ1) is 14.6. The van der Waals surface area contributed by atoms with Crippen LogP contribution in [0.3, 0.4) is 0 Å². The maximum Gasteiger partial charge on any atom is 0.226 e. The van der Waals surface area contributed by atoms with E-state index in [1.807, 2.05) is 12.1 Å². The van der Waals surface area contributed by atoms with Gasteiger partial charge in [-0.2, -0.15) is 0 Å². The van der Waals surface area contributed by atoms with Crippen molar-refractivity contribution in [1.29, 1.82) is 0 Å². The number of pyridine rings is 1. The van der Waals surface area contributed by atoms with Crippen molar-refractivity contribution >= 4 is 11.6 Å². The van der Waals surface area contributed by atoms with E-state index < -0.39 is 0 Å². The van der Waals surface area contributed by atoms with Gasteiger partial charge in [-0.15, -0.1) is 0 Å². The third-order valence-corrected chi connectivity index (χ3v) is 3.33. The predicted molar refractivity (Wildman–Crippen MR) is 74.3 cm³/mol. The molecule has 0 fully saturated rings. The van der Waals surface area contributed by atoms with Crippen LogP contribution in [0.2, 0.25) is 0 Å². The number of hydrogen-bond acceptors (Lipinski definition) is 3. The summed E-state index contributed by atoms with van der Waals surface area (Å²) in [5.74, 6) is 0.694. The molecule has 4 nitrogen and oxygen atoms in total. The summed E-state index contributed by atoms with van der Waals surface area (Å²) in [4.78, 5) is 17.7. The fourth-order valence-corrected chi connectivity index (χ4v) is 1.98. The molecule has 4 heteroatoms.